The highest BCUT2D eigenvalue weighted by molar-refractivity contribution is 5.72. The number of aromatic nitrogens is 6. The fraction of sp³-hybridized carbons (Fsp3) is 0.385. The molecular formula is C26H28N6O4. The number of benzene rings is 1. The Bertz CT molecular complexity index is 1350. The summed E-state index contributed by atoms with van der Waals surface area (Å²) in [6.07, 6.45) is 3.65. The fourth-order valence-corrected chi connectivity index (χ4v) is 4.57. The van der Waals surface area contributed by atoms with Gasteiger partial charge >= 0.3 is 5.97 Å². The number of esters is 1. The molecule has 3 aromatic heterocycles. The van der Waals surface area contributed by atoms with E-state index in [9.17, 15) is 4.79 Å². The Morgan fingerprint density at radius 2 is 1.97 bits per heavy atom. The van der Waals surface area contributed by atoms with Crippen molar-refractivity contribution < 1.29 is 18.8 Å². The lowest BCUT2D eigenvalue weighted by atomic mass is 9.87. The van der Waals surface area contributed by atoms with Crippen LogP contribution in [0.15, 0.2) is 47.0 Å². The number of rotatable bonds is 7. The molecule has 10 nitrogen and oxygen atoms in total. The Morgan fingerprint density at radius 1 is 1.14 bits per heavy atom. The van der Waals surface area contributed by atoms with Gasteiger partial charge in [0, 0.05) is 12.6 Å². The van der Waals surface area contributed by atoms with E-state index in [1.165, 1.54) is 7.11 Å². The van der Waals surface area contributed by atoms with Gasteiger partial charge in [0.2, 0.25) is 11.7 Å². The average molecular weight is 489 g/mol. The van der Waals surface area contributed by atoms with E-state index in [0.717, 1.165) is 36.2 Å². The first kappa shape index (κ1) is 23.7. The quantitative estimate of drug-likeness (QED) is 0.356. The summed E-state index contributed by atoms with van der Waals surface area (Å²) in [5.41, 5.74) is 3.77. The van der Waals surface area contributed by atoms with Crippen LogP contribution in [0.25, 0.3) is 22.8 Å². The molecule has 0 unspecified atom stereocenters. The van der Waals surface area contributed by atoms with Crippen LogP contribution in [0.2, 0.25) is 0 Å². The number of methoxy groups -OCH3 is 1. The number of aryl methyl sites for hydroxylation is 2. The lowest BCUT2D eigenvalue weighted by Crippen LogP contribution is -2.30. The highest BCUT2D eigenvalue weighted by Crippen LogP contribution is 2.31. The topological polar surface area (TPSA) is 118 Å². The first-order chi connectivity index (χ1) is 17.5. The van der Waals surface area contributed by atoms with Crippen LogP contribution in [0.4, 0.5) is 0 Å². The summed E-state index contributed by atoms with van der Waals surface area (Å²) in [4.78, 5) is 21.2. The Kier molecular flexibility index (Phi) is 6.75. The fourth-order valence-electron chi connectivity index (χ4n) is 4.57. The molecule has 0 spiro atoms. The molecule has 3 heterocycles. The number of hydrogen-bond donors (Lipinski definition) is 0. The van der Waals surface area contributed by atoms with E-state index in [1.54, 1.807) is 4.68 Å². The number of ether oxygens (including phenoxy) is 2. The normalized spacial score (nSPS) is 17.6. The second kappa shape index (κ2) is 10.3. The van der Waals surface area contributed by atoms with Gasteiger partial charge in [0.1, 0.15) is 11.4 Å². The van der Waals surface area contributed by atoms with Gasteiger partial charge in [0.25, 0.3) is 0 Å². The molecule has 186 valence electrons. The summed E-state index contributed by atoms with van der Waals surface area (Å²) in [7, 11) is 3.26. The molecule has 0 amide bonds. The van der Waals surface area contributed by atoms with Crippen molar-refractivity contribution in [3.8, 4) is 28.5 Å². The third-order valence-electron chi connectivity index (χ3n) is 6.50. The lowest BCUT2D eigenvalue weighted by molar-refractivity contribution is -0.147. The van der Waals surface area contributed by atoms with Crippen LogP contribution < -0.4 is 4.74 Å². The molecule has 10 heteroatoms. The third kappa shape index (κ3) is 4.98. The van der Waals surface area contributed by atoms with Crippen LogP contribution >= 0.6 is 0 Å². The molecule has 0 saturated heterocycles. The van der Waals surface area contributed by atoms with Gasteiger partial charge in [0.05, 0.1) is 42.6 Å². The monoisotopic (exact) mass is 488 g/mol. The maximum absolute atomic E-state index is 12.0. The summed E-state index contributed by atoms with van der Waals surface area (Å²) in [6.45, 7) is 1.90. The van der Waals surface area contributed by atoms with Crippen molar-refractivity contribution in [3.05, 3.63) is 59.7 Å². The Morgan fingerprint density at radius 3 is 2.75 bits per heavy atom. The number of carbonyl (C=O) groups excluding carboxylic acids is 1. The van der Waals surface area contributed by atoms with E-state index in [2.05, 4.69) is 20.5 Å². The van der Waals surface area contributed by atoms with Gasteiger partial charge in [-0.05, 0) is 44.7 Å². The summed E-state index contributed by atoms with van der Waals surface area (Å²) < 4.78 is 18.3. The average Bonchev–Trinajstić information content (AvgIpc) is 3.52. The van der Waals surface area contributed by atoms with Crippen molar-refractivity contribution in [2.75, 3.05) is 7.11 Å². The number of carbonyl (C=O) groups is 1. The molecule has 0 N–H and O–H groups in total. The Labute approximate surface area is 208 Å². The zero-order valence-corrected chi connectivity index (χ0v) is 20.5. The number of pyridine rings is 1. The highest BCUT2D eigenvalue weighted by atomic mass is 16.5. The summed E-state index contributed by atoms with van der Waals surface area (Å²) in [5, 5.41) is 12.6. The maximum Gasteiger partial charge on any atom is 0.308 e. The van der Waals surface area contributed by atoms with Gasteiger partial charge in [0.15, 0.2) is 0 Å². The third-order valence-corrected chi connectivity index (χ3v) is 6.50. The molecule has 1 fully saturated rings. The van der Waals surface area contributed by atoms with Crippen LogP contribution in [-0.4, -0.2) is 49.3 Å². The molecule has 1 aliphatic rings. The van der Waals surface area contributed by atoms with Crippen molar-refractivity contribution >= 4 is 5.97 Å². The molecule has 4 aromatic rings. The van der Waals surface area contributed by atoms with Crippen LogP contribution in [0.3, 0.4) is 0 Å². The van der Waals surface area contributed by atoms with Crippen molar-refractivity contribution in [2.24, 2.45) is 13.0 Å². The molecule has 2 atom stereocenters. The largest absolute Gasteiger partial charge is 0.489 e. The predicted octanol–water partition coefficient (Wildman–Crippen LogP) is 3.94. The van der Waals surface area contributed by atoms with E-state index in [0.29, 0.717) is 41.7 Å². The second-order valence-corrected chi connectivity index (χ2v) is 8.97. The van der Waals surface area contributed by atoms with Gasteiger partial charge in [-0.15, -0.1) is 5.10 Å². The SMILES string of the molecule is COC(=O)[C@H]1CCC[C@H](Oc2ccc(-c3nnn(C)c3Cc3nc(-c4ccccc4)no3)nc2C)C1. The van der Waals surface area contributed by atoms with E-state index >= 15 is 0 Å². The minimum absolute atomic E-state index is 0.0439. The Balaban J connectivity index is 1.32. The van der Waals surface area contributed by atoms with Crippen LogP contribution in [0.5, 0.6) is 5.75 Å². The van der Waals surface area contributed by atoms with Crippen molar-refractivity contribution in [1.29, 1.82) is 0 Å². The standard InChI is InChI=1S/C26H28N6O4/c1-16-22(35-19-11-7-10-18(14-19)26(33)34-3)13-12-20(27-16)24-21(32(2)31-29-24)15-23-28-25(30-36-23)17-8-5-4-6-9-17/h4-6,8-9,12-13,18-19H,7,10-11,14-15H2,1-3H3/t18-,19-/m0/s1. The predicted molar refractivity (Wildman–Crippen MR) is 130 cm³/mol. The van der Waals surface area contributed by atoms with Gasteiger partial charge in [-0.25, -0.2) is 4.98 Å². The van der Waals surface area contributed by atoms with Crippen molar-refractivity contribution in [3.63, 3.8) is 0 Å². The molecule has 5 rings (SSSR count). The lowest BCUT2D eigenvalue weighted by Gasteiger charge is -2.28. The van der Waals surface area contributed by atoms with Crippen LogP contribution in [0.1, 0.15) is 43.0 Å². The molecular weight excluding hydrogens is 460 g/mol. The molecule has 1 saturated carbocycles. The smallest absolute Gasteiger partial charge is 0.308 e. The van der Waals surface area contributed by atoms with Gasteiger partial charge < -0.3 is 14.0 Å². The van der Waals surface area contributed by atoms with Gasteiger partial charge in [-0.3, -0.25) is 9.48 Å². The number of hydrogen-bond acceptors (Lipinski definition) is 9. The van der Waals surface area contributed by atoms with Crippen LogP contribution in [-0.2, 0) is 23.0 Å². The van der Waals surface area contributed by atoms with Crippen molar-refractivity contribution in [1.82, 2.24) is 30.1 Å². The molecule has 0 radical (unpaired) electrons. The molecule has 0 bridgehead atoms. The zero-order chi connectivity index (χ0) is 25.1. The highest BCUT2D eigenvalue weighted by Gasteiger charge is 2.29. The first-order valence-electron chi connectivity index (χ1n) is 12.0. The van der Waals surface area contributed by atoms with E-state index in [4.69, 9.17) is 19.0 Å². The molecule has 1 aromatic carbocycles. The summed E-state index contributed by atoms with van der Waals surface area (Å²) in [6, 6.07) is 13.5. The molecule has 36 heavy (non-hydrogen) atoms. The van der Waals surface area contributed by atoms with E-state index in [-0.39, 0.29) is 18.0 Å². The Hall–Kier alpha value is -4.08. The molecule has 0 aliphatic heterocycles. The second-order valence-electron chi connectivity index (χ2n) is 8.97. The van der Waals surface area contributed by atoms with Crippen LogP contribution in [0, 0.1) is 12.8 Å². The van der Waals surface area contributed by atoms with Crippen molar-refractivity contribution in [2.45, 2.75) is 45.1 Å². The number of nitrogens with zero attached hydrogens (tertiary/aromatic N) is 6. The van der Waals surface area contributed by atoms with E-state index in [1.807, 2.05) is 56.4 Å². The molecule has 1 aliphatic carbocycles. The van der Waals surface area contributed by atoms with Gasteiger partial charge in [-0.2, -0.15) is 4.98 Å². The maximum atomic E-state index is 12.0. The summed E-state index contributed by atoms with van der Waals surface area (Å²) in [5.74, 6) is 1.42. The minimum Gasteiger partial charge on any atom is -0.489 e. The van der Waals surface area contributed by atoms with Gasteiger partial charge in [-0.1, -0.05) is 40.7 Å². The summed E-state index contributed by atoms with van der Waals surface area (Å²) >= 11 is 0. The minimum atomic E-state index is -0.166. The van der Waals surface area contributed by atoms with E-state index < -0.39 is 0 Å². The first-order valence-corrected chi connectivity index (χ1v) is 12.0. The zero-order valence-electron chi connectivity index (χ0n) is 20.5.